The van der Waals surface area contributed by atoms with Crippen LogP contribution in [0.1, 0.15) is 155 Å². The number of nitrogens with one attached hydrogen (secondary N) is 1. The van der Waals surface area contributed by atoms with Gasteiger partial charge in [-0.2, -0.15) is 0 Å². The van der Waals surface area contributed by atoms with Crippen LogP contribution in [0.3, 0.4) is 0 Å². The van der Waals surface area contributed by atoms with Gasteiger partial charge in [0, 0.05) is 6.42 Å². The zero-order valence-corrected chi connectivity index (χ0v) is 22.9. The second kappa shape index (κ2) is 26.7. The van der Waals surface area contributed by atoms with Crippen molar-refractivity contribution in [1.29, 1.82) is 0 Å². The van der Waals surface area contributed by atoms with Crippen LogP contribution in [0.2, 0.25) is 0 Å². The highest BCUT2D eigenvalue weighted by atomic mass is 16.3. The molecule has 1 amide bonds. The molecule has 0 aliphatic carbocycles. The molecule has 0 unspecified atom stereocenters. The normalized spacial score (nSPS) is 13.4. The van der Waals surface area contributed by atoms with Crippen molar-refractivity contribution in [2.75, 3.05) is 6.61 Å². The first-order valence-electron chi connectivity index (χ1n) is 14.9. The van der Waals surface area contributed by atoms with E-state index in [2.05, 4.69) is 19.2 Å². The maximum absolute atomic E-state index is 12.1. The monoisotopic (exact) mass is 481 g/mol. The standard InChI is InChI=1S/C30H59NO3/c1-3-5-7-8-9-10-11-12-13-14-15-16-17-18-19-20-21-22-24-26-30(34)31-28(27-32)29(33)25-23-6-4-2/h23,25,28-29,32-33H,3-22,24,26-27H2,1-2H3,(H,31,34)/b25-23+/t28-,29+/m0/s1. The number of rotatable bonds is 26. The number of carbonyl (C=O) groups is 1. The minimum Gasteiger partial charge on any atom is -0.394 e. The number of hydrogen-bond acceptors (Lipinski definition) is 3. The van der Waals surface area contributed by atoms with E-state index in [1.807, 2.05) is 6.08 Å². The van der Waals surface area contributed by atoms with E-state index in [1.165, 1.54) is 109 Å². The number of aliphatic hydroxyl groups is 2. The Kier molecular flexibility index (Phi) is 26.0. The van der Waals surface area contributed by atoms with Crippen LogP contribution in [-0.4, -0.2) is 34.9 Å². The van der Waals surface area contributed by atoms with Gasteiger partial charge in [-0.25, -0.2) is 0 Å². The van der Waals surface area contributed by atoms with Crippen molar-refractivity contribution in [3.05, 3.63) is 12.2 Å². The Bertz CT molecular complexity index is 452. The first kappa shape index (κ1) is 33.1. The summed E-state index contributed by atoms with van der Waals surface area (Å²) in [6, 6.07) is -0.610. The van der Waals surface area contributed by atoms with E-state index < -0.39 is 12.1 Å². The van der Waals surface area contributed by atoms with E-state index in [0.29, 0.717) is 6.42 Å². The lowest BCUT2D eigenvalue weighted by Gasteiger charge is -2.19. The van der Waals surface area contributed by atoms with E-state index in [4.69, 9.17) is 0 Å². The molecule has 4 heteroatoms. The summed E-state index contributed by atoms with van der Waals surface area (Å²) >= 11 is 0. The molecule has 0 saturated carbocycles. The molecule has 4 nitrogen and oxygen atoms in total. The third-order valence-corrected chi connectivity index (χ3v) is 6.75. The van der Waals surface area contributed by atoms with Gasteiger partial charge in [0.15, 0.2) is 0 Å². The van der Waals surface area contributed by atoms with Gasteiger partial charge in [0.1, 0.15) is 0 Å². The zero-order chi connectivity index (χ0) is 25.1. The van der Waals surface area contributed by atoms with Crippen molar-refractivity contribution in [1.82, 2.24) is 5.32 Å². The smallest absolute Gasteiger partial charge is 0.220 e. The molecule has 0 aliphatic rings. The number of unbranched alkanes of at least 4 members (excludes halogenated alkanes) is 19. The molecule has 0 fully saturated rings. The van der Waals surface area contributed by atoms with Crippen LogP contribution in [0.15, 0.2) is 12.2 Å². The van der Waals surface area contributed by atoms with Crippen molar-refractivity contribution in [2.24, 2.45) is 0 Å². The lowest BCUT2D eigenvalue weighted by atomic mass is 10.0. The van der Waals surface area contributed by atoms with E-state index in [1.54, 1.807) is 6.08 Å². The molecule has 0 aliphatic heterocycles. The predicted molar refractivity (Wildman–Crippen MR) is 147 cm³/mol. The lowest BCUT2D eigenvalue weighted by Crippen LogP contribution is -2.45. The average Bonchev–Trinajstić information content (AvgIpc) is 2.84. The topological polar surface area (TPSA) is 69.6 Å². The Hall–Kier alpha value is -0.870. The molecule has 34 heavy (non-hydrogen) atoms. The van der Waals surface area contributed by atoms with E-state index in [-0.39, 0.29) is 12.5 Å². The molecule has 0 saturated heterocycles. The van der Waals surface area contributed by atoms with Crippen LogP contribution in [0.25, 0.3) is 0 Å². The van der Waals surface area contributed by atoms with E-state index in [9.17, 15) is 15.0 Å². The van der Waals surface area contributed by atoms with E-state index in [0.717, 1.165) is 25.7 Å². The first-order valence-corrected chi connectivity index (χ1v) is 14.9. The summed E-state index contributed by atoms with van der Waals surface area (Å²) < 4.78 is 0. The Labute approximate surface area is 212 Å². The molecule has 0 heterocycles. The van der Waals surface area contributed by atoms with Gasteiger partial charge in [-0.15, -0.1) is 0 Å². The van der Waals surface area contributed by atoms with Gasteiger partial charge in [-0.3, -0.25) is 4.79 Å². The Morgan fingerprint density at radius 3 is 1.47 bits per heavy atom. The molecule has 202 valence electrons. The zero-order valence-electron chi connectivity index (χ0n) is 22.9. The van der Waals surface area contributed by atoms with Crippen LogP contribution in [0.5, 0.6) is 0 Å². The maximum Gasteiger partial charge on any atom is 0.220 e. The molecule has 0 spiro atoms. The van der Waals surface area contributed by atoms with Crippen molar-refractivity contribution in [3.8, 4) is 0 Å². The average molecular weight is 482 g/mol. The third kappa shape index (κ3) is 22.9. The summed E-state index contributed by atoms with van der Waals surface area (Å²) in [7, 11) is 0. The van der Waals surface area contributed by atoms with Gasteiger partial charge in [-0.05, 0) is 12.8 Å². The predicted octanol–water partition coefficient (Wildman–Crippen LogP) is 8.00. The van der Waals surface area contributed by atoms with E-state index >= 15 is 0 Å². The largest absolute Gasteiger partial charge is 0.394 e. The van der Waals surface area contributed by atoms with Gasteiger partial charge in [-0.1, -0.05) is 148 Å². The van der Waals surface area contributed by atoms with Crippen LogP contribution in [-0.2, 0) is 4.79 Å². The van der Waals surface area contributed by atoms with Gasteiger partial charge in [0.05, 0.1) is 18.8 Å². The van der Waals surface area contributed by atoms with Gasteiger partial charge >= 0.3 is 0 Å². The number of amides is 1. The Morgan fingerprint density at radius 1 is 0.676 bits per heavy atom. The van der Waals surface area contributed by atoms with Crippen LogP contribution >= 0.6 is 0 Å². The van der Waals surface area contributed by atoms with Crippen molar-refractivity contribution in [2.45, 2.75) is 167 Å². The number of allylic oxidation sites excluding steroid dienone is 1. The molecule has 0 aromatic carbocycles. The number of aliphatic hydroxyl groups excluding tert-OH is 2. The first-order chi connectivity index (χ1) is 16.7. The number of carbonyl (C=O) groups excluding carboxylic acids is 1. The quantitative estimate of drug-likeness (QED) is 0.0865. The highest BCUT2D eigenvalue weighted by molar-refractivity contribution is 5.76. The Morgan fingerprint density at radius 2 is 1.09 bits per heavy atom. The molecular weight excluding hydrogens is 422 g/mol. The van der Waals surface area contributed by atoms with Crippen molar-refractivity contribution in [3.63, 3.8) is 0 Å². The minimum absolute atomic E-state index is 0.0750. The maximum atomic E-state index is 12.1. The molecule has 0 bridgehead atoms. The SMILES string of the molecule is CCC/C=C/[C@@H](O)[C@H](CO)NC(=O)CCCCCCCCCCCCCCCCCCCCC. The lowest BCUT2D eigenvalue weighted by molar-refractivity contribution is -0.123. The van der Waals surface area contributed by atoms with Crippen LogP contribution < -0.4 is 5.32 Å². The summed E-state index contributed by atoms with van der Waals surface area (Å²) in [6.07, 6.45) is 30.6. The summed E-state index contributed by atoms with van der Waals surface area (Å²) in [4.78, 5) is 12.1. The Balaban J connectivity index is 3.40. The summed E-state index contributed by atoms with van der Waals surface area (Å²) in [5, 5.41) is 22.2. The van der Waals surface area contributed by atoms with Crippen molar-refractivity contribution >= 4 is 5.91 Å². The minimum atomic E-state index is -0.828. The summed E-state index contributed by atoms with van der Waals surface area (Å²) in [5.41, 5.74) is 0. The highest BCUT2D eigenvalue weighted by Crippen LogP contribution is 2.15. The fraction of sp³-hybridized carbons (Fsp3) is 0.900. The molecule has 0 radical (unpaired) electrons. The fourth-order valence-electron chi connectivity index (χ4n) is 4.42. The summed E-state index contributed by atoms with van der Waals surface area (Å²) in [5.74, 6) is -0.0750. The third-order valence-electron chi connectivity index (χ3n) is 6.75. The molecule has 0 rings (SSSR count). The van der Waals surface area contributed by atoms with Gasteiger partial charge in [0.25, 0.3) is 0 Å². The fourth-order valence-corrected chi connectivity index (χ4v) is 4.42. The van der Waals surface area contributed by atoms with Gasteiger partial charge in [0.2, 0.25) is 5.91 Å². The number of hydrogen-bond donors (Lipinski definition) is 3. The molecule has 0 aromatic heterocycles. The molecule has 0 aromatic rings. The second-order valence-electron chi connectivity index (χ2n) is 10.2. The molecule has 2 atom stereocenters. The molecular formula is C30H59NO3. The highest BCUT2D eigenvalue weighted by Gasteiger charge is 2.17. The van der Waals surface area contributed by atoms with Crippen molar-refractivity contribution < 1.29 is 15.0 Å². The molecule has 3 N–H and O–H groups in total. The van der Waals surface area contributed by atoms with Gasteiger partial charge < -0.3 is 15.5 Å². The van der Waals surface area contributed by atoms with Crippen LogP contribution in [0.4, 0.5) is 0 Å². The second-order valence-corrected chi connectivity index (χ2v) is 10.2. The van der Waals surface area contributed by atoms with Crippen LogP contribution in [0, 0.1) is 0 Å². The summed E-state index contributed by atoms with van der Waals surface area (Å²) in [6.45, 7) is 4.11.